The molecule has 1 atom stereocenters. The highest BCUT2D eigenvalue weighted by Gasteiger charge is 2.45. The zero-order valence-corrected chi connectivity index (χ0v) is 25.1. The van der Waals surface area contributed by atoms with E-state index in [-0.39, 0.29) is 41.1 Å². The first kappa shape index (κ1) is 29.5. The molecule has 3 aromatic rings. The van der Waals surface area contributed by atoms with Crippen LogP contribution in [0.3, 0.4) is 0 Å². The molecule has 0 N–H and O–H groups in total. The van der Waals surface area contributed by atoms with Gasteiger partial charge in [-0.2, -0.15) is 13.2 Å². The number of fused-ring (bicyclic) bond motifs is 1. The molecule has 228 valence electrons. The molecule has 43 heavy (non-hydrogen) atoms. The van der Waals surface area contributed by atoms with Crippen LogP contribution in [-0.4, -0.2) is 43.9 Å². The number of nitrogens with zero attached hydrogens (tertiary/aromatic N) is 5. The number of aldehydes is 1. The van der Waals surface area contributed by atoms with Gasteiger partial charge in [0.05, 0.1) is 12.1 Å². The average Bonchev–Trinajstić information content (AvgIpc) is 3.49. The summed E-state index contributed by atoms with van der Waals surface area (Å²) < 4.78 is 45.2. The lowest BCUT2D eigenvalue weighted by Gasteiger charge is -2.47. The van der Waals surface area contributed by atoms with Crippen LogP contribution in [-0.2, 0) is 42.9 Å². The lowest BCUT2D eigenvalue weighted by Crippen LogP contribution is -2.49. The van der Waals surface area contributed by atoms with Crippen LogP contribution in [0, 0.1) is 11.8 Å². The molecule has 1 saturated heterocycles. The SMILES string of the molecule is CC1CC(Cc2nncn2C)(c2cccc(N3Cc4c(cc(CN5CCC(C=O)CC5(C)C)cc4C(F)(F)F)C3=O)c2)C1. The summed E-state index contributed by atoms with van der Waals surface area (Å²) in [6.45, 7) is 6.99. The lowest BCUT2D eigenvalue weighted by molar-refractivity contribution is -0.138. The Morgan fingerprint density at radius 3 is 2.51 bits per heavy atom. The number of hydrogen-bond acceptors (Lipinski definition) is 5. The Hall–Kier alpha value is -3.53. The summed E-state index contributed by atoms with van der Waals surface area (Å²) in [4.78, 5) is 28.8. The molecule has 0 spiro atoms. The maximum atomic E-state index is 14.4. The van der Waals surface area contributed by atoms with Crippen molar-refractivity contribution in [2.24, 2.45) is 18.9 Å². The van der Waals surface area contributed by atoms with Crippen molar-refractivity contribution in [3.8, 4) is 0 Å². The smallest absolute Gasteiger partial charge is 0.321 e. The second-order valence-corrected chi connectivity index (χ2v) is 13.6. The monoisotopic (exact) mass is 593 g/mol. The maximum Gasteiger partial charge on any atom is 0.416 e. The number of halogens is 3. The zero-order valence-electron chi connectivity index (χ0n) is 25.1. The highest BCUT2D eigenvalue weighted by atomic mass is 19.4. The topological polar surface area (TPSA) is 71.3 Å². The Bertz CT molecular complexity index is 1560. The summed E-state index contributed by atoms with van der Waals surface area (Å²) in [6.07, 6.45) is 1.99. The minimum absolute atomic E-state index is 0.0247. The normalized spacial score (nSPS) is 25.5. The van der Waals surface area contributed by atoms with Gasteiger partial charge in [-0.15, -0.1) is 10.2 Å². The molecule has 1 aromatic heterocycles. The van der Waals surface area contributed by atoms with E-state index in [9.17, 15) is 22.8 Å². The molecule has 3 aliphatic rings. The number of anilines is 1. The third-order valence-corrected chi connectivity index (χ3v) is 9.91. The molecule has 7 nitrogen and oxygen atoms in total. The molecule has 1 saturated carbocycles. The number of aromatic nitrogens is 3. The van der Waals surface area contributed by atoms with Crippen LogP contribution >= 0.6 is 0 Å². The fourth-order valence-electron chi connectivity index (χ4n) is 7.68. The standard InChI is InChI=1S/C33H38F3N5O2/c1-21-13-32(14-21,16-29-38-37-20-39(29)4)24-6-5-7-25(12-24)41-18-27-26(30(41)43)10-23(11-28(27)33(34,35)36)17-40-9-8-22(19-42)15-31(40,2)3/h5-7,10-12,19-22H,8-9,13-18H2,1-4H3. The Morgan fingerprint density at radius 1 is 1.12 bits per heavy atom. The van der Waals surface area contributed by atoms with Crippen molar-refractivity contribution < 1.29 is 22.8 Å². The van der Waals surface area contributed by atoms with Crippen LogP contribution in [0.1, 0.15) is 84.9 Å². The second kappa shape index (κ2) is 10.6. The Morgan fingerprint density at radius 2 is 1.88 bits per heavy atom. The van der Waals surface area contributed by atoms with Gasteiger partial charge in [-0.25, -0.2) is 0 Å². The van der Waals surface area contributed by atoms with E-state index in [1.807, 2.05) is 43.7 Å². The molecule has 1 aliphatic carbocycles. The van der Waals surface area contributed by atoms with E-state index in [1.165, 1.54) is 11.0 Å². The first-order valence-corrected chi connectivity index (χ1v) is 15.0. The number of hydrogen-bond donors (Lipinski definition) is 0. The van der Waals surface area contributed by atoms with Crippen LogP contribution in [0.5, 0.6) is 0 Å². The van der Waals surface area contributed by atoms with Gasteiger partial charge in [0.25, 0.3) is 5.91 Å². The van der Waals surface area contributed by atoms with E-state index in [4.69, 9.17) is 0 Å². The minimum atomic E-state index is -4.60. The van der Waals surface area contributed by atoms with E-state index in [1.54, 1.807) is 18.5 Å². The molecule has 10 heteroatoms. The van der Waals surface area contributed by atoms with Gasteiger partial charge in [0, 0.05) is 48.1 Å². The van der Waals surface area contributed by atoms with Gasteiger partial charge < -0.3 is 14.3 Å². The Balaban J connectivity index is 1.31. The van der Waals surface area contributed by atoms with Crippen molar-refractivity contribution in [1.29, 1.82) is 0 Å². The average molecular weight is 594 g/mol. The summed E-state index contributed by atoms with van der Waals surface area (Å²) in [5.41, 5.74) is 0.990. The first-order valence-electron chi connectivity index (χ1n) is 15.0. The molecular weight excluding hydrogens is 555 g/mol. The van der Waals surface area contributed by atoms with Gasteiger partial charge in [0.2, 0.25) is 0 Å². The third-order valence-electron chi connectivity index (χ3n) is 9.91. The molecule has 2 fully saturated rings. The zero-order chi connectivity index (χ0) is 30.7. The first-order chi connectivity index (χ1) is 20.3. The number of likely N-dealkylation sites (tertiary alicyclic amines) is 1. The fraction of sp³-hybridized carbons (Fsp3) is 0.515. The van der Waals surface area contributed by atoms with E-state index >= 15 is 0 Å². The largest absolute Gasteiger partial charge is 0.416 e. The molecule has 6 rings (SSSR count). The van der Waals surface area contributed by atoms with Crippen molar-refractivity contribution in [3.63, 3.8) is 0 Å². The van der Waals surface area contributed by atoms with E-state index in [2.05, 4.69) is 22.0 Å². The van der Waals surface area contributed by atoms with Gasteiger partial charge in [0.1, 0.15) is 18.4 Å². The van der Waals surface area contributed by atoms with Crippen molar-refractivity contribution in [2.45, 2.75) is 83.1 Å². The second-order valence-electron chi connectivity index (χ2n) is 13.6. The molecule has 1 unspecified atom stereocenters. The molecule has 0 bridgehead atoms. The molecule has 2 aromatic carbocycles. The van der Waals surface area contributed by atoms with E-state index < -0.39 is 17.6 Å². The van der Waals surface area contributed by atoms with Crippen molar-refractivity contribution >= 4 is 17.9 Å². The van der Waals surface area contributed by atoms with Crippen molar-refractivity contribution in [3.05, 3.63) is 76.4 Å². The lowest BCUT2D eigenvalue weighted by atomic mass is 9.57. The Labute approximate surface area is 250 Å². The predicted molar refractivity (Wildman–Crippen MR) is 156 cm³/mol. The van der Waals surface area contributed by atoms with Gasteiger partial charge in [-0.3, -0.25) is 9.69 Å². The number of piperidine rings is 1. The van der Waals surface area contributed by atoms with E-state index in [0.717, 1.165) is 30.5 Å². The number of carbonyl (C=O) groups is 2. The number of alkyl halides is 3. The van der Waals surface area contributed by atoms with Gasteiger partial charge >= 0.3 is 6.18 Å². The van der Waals surface area contributed by atoms with Crippen LogP contribution < -0.4 is 4.90 Å². The molecule has 3 heterocycles. The third kappa shape index (κ3) is 5.39. The van der Waals surface area contributed by atoms with Crippen LogP contribution in [0.25, 0.3) is 0 Å². The fourth-order valence-corrected chi connectivity index (χ4v) is 7.68. The summed E-state index contributed by atoms with van der Waals surface area (Å²) in [5, 5.41) is 8.32. The number of carbonyl (C=O) groups excluding carboxylic acids is 2. The molecule has 1 amide bonds. The highest BCUT2D eigenvalue weighted by Crippen LogP contribution is 2.50. The van der Waals surface area contributed by atoms with Crippen LogP contribution in [0.15, 0.2) is 42.7 Å². The van der Waals surface area contributed by atoms with Gasteiger partial charge in [0.15, 0.2) is 0 Å². The quantitative estimate of drug-likeness (QED) is 0.310. The van der Waals surface area contributed by atoms with Crippen molar-refractivity contribution in [2.75, 3.05) is 11.4 Å². The number of rotatable bonds is 7. The molecular formula is C33H38F3N5O2. The Kier molecular flexibility index (Phi) is 7.26. The van der Waals surface area contributed by atoms with Crippen LogP contribution in [0.2, 0.25) is 0 Å². The number of aryl methyl sites for hydroxylation is 1. The summed E-state index contributed by atoms with van der Waals surface area (Å²) in [7, 11) is 1.92. The predicted octanol–water partition coefficient (Wildman–Crippen LogP) is 6.09. The van der Waals surface area contributed by atoms with Crippen LogP contribution in [0.4, 0.5) is 18.9 Å². The minimum Gasteiger partial charge on any atom is -0.321 e. The van der Waals surface area contributed by atoms with Gasteiger partial charge in [-0.05, 0) is 92.9 Å². The van der Waals surface area contributed by atoms with E-state index in [0.29, 0.717) is 43.0 Å². The summed E-state index contributed by atoms with van der Waals surface area (Å²) in [5.74, 6) is 0.952. The molecule has 2 aliphatic heterocycles. The maximum absolute atomic E-state index is 14.4. The van der Waals surface area contributed by atoms with Gasteiger partial charge in [-0.1, -0.05) is 19.1 Å². The highest BCUT2D eigenvalue weighted by molar-refractivity contribution is 6.10. The summed E-state index contributed by atoms with van der Waals surface area (Å²) in [6, 6.07) is 10.6. The molecule has 0 radical (unpaired) electrons. The summed E-state index contributed by atoms with van der Waals surface area (Å²) >= 11 is 0. The van der Waals surface area contributed by atoms with Crippen molar-refractivity contribution in [1.82, 2.24) is 19.7 Å². The number of amides is 1. The number of benzene rings is 2.